The molecule has 0 radical (unpaired) electrons. The van der Waals surface area contributed by atoms with Gasteiger partial charge in [0, 0.05) is 52.0 Å². The van der Waals surface area contributed by atoms with Crippen LogP contribution < -0.4 is 27.4 Å². The van der Waals surface area contributed by atoms with Gasteiger partial charge in [-0.25, -0.2) is 23.8 Å². The Labute approximate surface area is 330 Å². The molecule has 0 aliphatic carbocycles. The van der Waals surface area contributed by atoms with Crippen LogP contribution in [0.25, 0.3) is 11.3 Å². The van der Waals surface area contributed by atoms with Crippen molar-refractivity contribution in [2.45, 2.75) is 45.1 Å². The maximum absolute atomic E-state index is 12.8. The molecule has 2 aliphatic heterocycles. The van der Waals surface area contributed by atoms with Crippen molar-refractivity contribution in [1.29, 1.82) is 0 Å². The molecule has 16 nitrogen and oxygen atoms in total. The van der Waals surface area contributed by atoms with Gasteiger partial charge in [0.2, 0.25) is 0 Å². The van der Waals surface area contributed by atoms with Gasteiger partial charge in [-0.3, -0.25) is 9.59 Å². The monoisotopic (exact) mass is 848 g/mol. The fourth-order valence-electron chi connectivity index (χ4n) is 5.88. The molecule has 2 saturated heterocycles. The Morgan fingerprint density at radius 1 is 0.885 bits per heavy atom. The number of nitrogens with zero attached hydrogens (tertiary/aromatic N) is 7. The number of carbonyl (C=O) groups excluding carboxylic acids is 3. The van der Waals surface area contributed by atoms with Crippen molar-refractivity contribution in [3.8, 4) is 0 Å². The molecule has 2 fully saturated rings. The topological polar surface area (TPSA) is 212 Å². The van der Waals surface area contributed by atoms with Crippen LogP contribution in [0.15, 0.2) is 64.3 Å². The molecule has 52 heavy (non-hydrogen) atoms. The van der Waals surface area contributed by atoms with E-state index in [-0.39, 0.29) is 48.7 Å². The highest BCUT2D eigenvalue weighted by molar-refractivity contribution is 9.10. The molecule has 0 saturated carbocycles. The van der Waals surface area contributed by atoms with E-state index in [1.54, 1.807) is 36.7 Å². The van der Waals surface area contributed by atoms with Gasteiger partial charge in [-0.2, -0.15) is 10.2 Å². The SMILES string of the molecule is [2H]C([2H])([2H])C([2H])([2H])[C@H]1CN(C(=O)OCc2ccccc2)C[C@H]1Nc1c(C(N)=O)cnn2cc(Br)nc12.[2H]C([2H])([2H])C([2H])([2H])[C@H]1CNC[C@H]1Nc1c(C(N)=O)cnn2cc(Br)nc12. The van der Waals surface area contributed by atoms with Crippen molar-refractivity contribution < 1.29 is 32.8 Å². The van der Waals surface area contributed by atoms with Gasteiger partial charge in [0.25, 0.3) is 11.8 Å². The van der Waals surface area contributed by atoms with E-state index >= 15 is 0 Å². The predicted octanol–water partition coefficient (Wildman–Crippen LogP) is 4.05. The number of halogens is 2. The van der Waals surface area contributed by atoms with Crippen molar-refractivity contribution >= 4 is 72.4 Å². The molecule has 3 amide bonds. The lowest BCUT2D eigenvalue weighted by molar-refractivity contribution is 0.0992. The number of likely N-dealkylation sites (tertiary alicyclic amines) is 1. The molecule has 5 aromatic rings. The van der Waals surface area contributed by atoms with Gasteiger partial charge < -0.3 is 37.1 Å². The number of benzene rings is 1. The number of ether oxygens (including phenoxy) is 1. The third-order valence-electron chi connectivity index (χ3n) is 8.48. The fraction of sp³-hybridized carbons (Fsp3) is 0.382. The first kappa shape index (κ1) is 26.0. The summed E-state index contributed by atoms with van der Waals surface area (Å²) in [5.74, 6) is -3.55. The van der Waals surface area contributed by atoms with Gasteiger partial charge in [-0.15, -0.1) is 0 Å². The molecule has 274 valence electrons. The third kappa shape index (κ3) is 8.13. The van der Waals surface area contributed by atoms with E-state index in [1.165, 1.54) is 26.3 Å². The number of aromatic nitrogens is 6. The van der Waals surface area contributed by atoms with Crippen molar-refractivity contribution in [2.75, 3.05) is 36.8 Å². The van der Waals surface area contributed by atoms with Crippen LogP contribution in [0, 0.1) is 11.8 Å². The minimum absolute atomic E-state index is 0.00397. The van der Waals surface area contributed by atoms with Crippen LogP contribution in [-0.4, -0.2) is 90.3 Å². The zero-order valence-corrected chi connectivity index (χ0v) is 30.4. The summed E-state index contributed by atoms with van der Waals surface area (Å²) in [6.07, 6.45) is -0.134. The predicted molar refractivity (Wildman–Crippen MR) is 202 cm³/mol. The van der Waals surface area contributed by atoms with E-state index in [9.17, 15) is 14.4 Å². The van der Waals surface area contributed by atoms with Crippen LogP contribution in [0.2, 0.25) is 0 Å². The Hall–Kier alpha value is -4.81. The molecule has 6 heterocycles. The summed E-state index contributed by atoms with van der Waals surface area (Å²) in [5, 5.41) is 17.3. The lowest BCUT2D eigenvalue weighted by Gasteiger charge is -2.21. The van der Waals surface area contributed by atoms with Crippen LogP contribution >= 0.6 is 31.9 Å². The Balaban J connectivity index is 0.000000218. The van der Waals surface area contributed by atoms with E-state index in [1.807, 2.05) is 6.07 Å². The largest absolute Gasteiger partial charge is 0.445 e. The van der Waals surface area contributed by atoms with E-state index in [4.69, 9.17) is 29.9 Å². The number of amides is 3. The Bertz CT molecular complexity index is 2470. The minimum Gasteiger partial charge on any atom is -0.445 e. The highest BCUT2D eigenvalue weighted by atomic mass is 79.9. The van der Waals surface area contributed by atoms with Crippen LogP contribution in [0.5, 0.6) is 0 Å². The molecular weight excluding hydrogens is 800 g/mol. The van der Waals surface area contributed by atoms with Gasteiger partial charge in [0.15, 0.2) is 11.3 Å². The molecule has 1 aromatic carbocycles. The first-order chi connectivity index (χ1) is 28.9. The average molecular weight is 851 g/mol. The van der Waals surface area contributed by atoms with E-state index in [0.717, 1.165) is 5.56 Å². The van der Waals surface area contributed by atoms with Gasteiger partial charge in [0.05, 0.1) is 47.3 Å². The van der Waals surface area contributed by atoms with E-state index in [2.05, 4.69) is 68.0 Å². The van der Waals surface area contributed by atoms with Gasteiger partial charge in [0.1, 0.15) is 15.8 Å². The maximum atomic E-state index is 12.8. The normalized spacial score (nSPS) is 23.6. The molecular formula is C34H40Br2N12O4. The molecule has 18 heteroatoms. The first-order valence-corrected chi connectivity index (χ1v) is 17.4. The van der Waals surface area contributed by atoms with Crippen LogP contribution in [0.1, 0.15) is 66.4 Å². The molecule has 7 rings (SSSR count). The van der Waals surface area contributed by atoms with Crippen molar-refractivity contribution in [2.24, 2.45) is 23.3 Å². The van der Waals surface area contributed by atoms with Crippen molar-refractivity contribution in [1.82, 2.24) is 39.4 Å². The molecule has 0 bridgehead atoms. The number of imidazole rings is 2. The number of nitrogens with two attached hydrogens (primary N) is 2. The Morgan fingerprint density at radius 2 is 1.46 bits per heavy atom. The summed E-state index contributed by atoms with van der Waals surface area (Å²) in [5.41, 5.74) is 12.8. The number of carbonyl (C=O) groups is 3. The highest BCUT2D eigenvalue weighted by Crippen LogP contribution is 2.30. The van der Waals surface area contributed by atoms with Crippen molar-refractivity contribution in [3.05, 3.63) is 81.0 Å². The summed E-state index contributed by atoms with van der Waals surface area (Å²) >= 11 is 6.49. The Kier molecular flexibility index (Phi) is 8.13. The van der Waals surface area contributed by atoms with Gasteiger partial charge in [-0.1, -0.05) is 50.4 Å². The molecule has 0 unspecified atom stereocenters. The van der Waals surface area contributed by atoms with E-state index in [0.29, 0.717) is 27.1 Å². The maximum Gasteiger partial charge on any atom is 0.410 e. The van der Waals surface area contributed by atoms with Crippen LogP contribution in [-0.2, 0) is 11.3 Å². The summed E-state index contributed by atoms with van der Waals surface area (Å²) < 4.78 is 87.9. The lowest BCUT2D eigenvalue weighted by atomic mass is 10.0. The zero-order valence-electron chi connectivity index (χ0n) is 37.2. The molecule has 2 aliphatic rings. The quantitative estimate of drug-likeness (QED) is 0.135. The summed E-state index contributed by atoms with van der Waals surface area (Å²) in [4.78, 5) is 46.5. The second-order valence-corrected chi connectivity index (χ2v) is 13.5. The second kappa shape index (κ2) is 16.2. The minimum atomic E-state index is -2.97. The third-order valence-corrected chi connectivity index (χ3v) is 9.25. The van der Waals surface area contributed by atoms with E-state index < -0.39 is 68.3 Å². The number of fused-ring (bicyclic) bond motifs is 2. The molecule has 0 spiro atoms. The standard InChI is InChI=1S/C21H23BrN6O3.C13H17BrN6O/c1-2-14-9-27(21(30)31-12-13-6-4-3-5-7-13)10-16(14)25-18-15(19(23)29)8-24-28-11-17(22)26-20(18)28;1-2-7-3-16-5-9(7)18-11-8(12(15)21)4-17-20-6-10(14)19-13(11)20/h3-8,11,14,16,25H,2,9-10,12H2,1H3,(H2,23,29);4,6-7,9,16,18H,2-3,5H2,1H3,(H2,15,21)/t14-,16+;7-,9+/m00/s1/i2*1D3,2D2. The summed E-state index contributed by atoms with van der Waals surface area (Å²) in [6.45, 7) is -5.53. The zero-order chi connectivity index (χ0) is 45.5. The second-order valence-electron chi connectivity index (χ2n) is 11.9. The molecule has 7 N–H and O–H groups in total. The van der Waals surface area contributed by atoms with Gasteiger partial charge in [-0.05, 0) is 55.6 Å². The van der Waals surface area contributed by atoms with Crippen LogP contribution in [0.3, 0.4) is 0 Å². The molecule has 4 atom stereocenters. The summed E-state index contributed by atoms with van der Waals surface area (Å²) in [7, 11) is 0. The van der Waals surface area contributed by atoms with Gasteiger partial charge >= 0.3 is 6.09 Å². The number of anilines is 2. The smallest absolute Gasteiger partial charge is 0.410 e. The van der Waals surface area contributed by atoms with Crippen molar-refractivity contribution in [3.63, 3.8) is 0 Å². The highest BCUT2D eigenvalue weighted by Gasteiger charge is 2.36. The first-order valence-electron chi connectivity index (χ1n) is 20.8. The summed E-state index contributed by atoms with van der Waals surface area (Å²) in [6, 6.07) is 7.54. The average Bonchev–Trinajstić information content (AvgIpc) is 3.99. The molecule has 4 aromatic heterocycles. The number of primary amides is 2. The van der Waals surface area contributed by atoms with Crippen LogP contribution in [0.4, 0.5) is 16.2 Å². The Morgan fingerprint density at radius 3 is 2.04 bits per heavy atom. The lowest BCUT2D eigenvalue weighted by Crippen LogP contribution is -2.33. The number of rotatable bonds is 10. The fourth-order valence-corrected chi connectivity index (χ4v) is 6.60. The number of nitrogens with one attached hydrogen (secondary N) is 3. The number of hydrogen-bond donors (Lipinski definition) is 5. The number of hydrogen-bond acceptors (Lipinski definition) is 11.